The Hall–Kier alpha value is -1.21. The Morgan fingerprint density at radius 3 is 2.61 bits per heavy atom. The Balaban J connectivity index is 3.90. The molecule has 0 radical (unpaired) electrons. The van der Waals surface area contributed by atoms with Crippen molar-refractivity contribution in [3.05, 3.63) is 12.7 Å². The monoisotopic (exact) mass is 268 g/mol. The van der Waals surface area contributed by atoms with Gasteiger partial charge in [-0.15, -0.1) is 11.5 Å². The van der Waals surface area contributed by atoms with Gasteiger partial charge in [0, 0.05) is 6.42 Å². The summed E-state index contributed by atoms with van der Waals surface area (Å²) in [5.41, 5.74) is 3.31. The summed E-state index contributed by atoms with van der Waals surface area (Å²) < 4.78 is 9.78. The molecule has 0 saturated carbocycles. The number of unbranched alkanes of at least 4 members (excludes halogenated alkanes) is 1. The van der Waals surface area contributed by atoms with Gasteiger partial charge in [0.2, 0.25) is 0 Å². The first kappa shape index (κ1) is 16.8. The Morgan fingerprint density at radius 2 is 2.11 bits per heavy atom. The molecule has 3 nitrogen and oxygen atoms in total. The zero-order chi connectivity index (χ0) is 14.0. The van der Waals surface area contributed by atoms with Crippen LogP contribution >= 0.6 is 0 Å². The average molecular weight is 268 g/mol. The van der Waals surface area contributed by atoms with E-state index in [9.17, 15) is 4.79 Å². The van der Waals surface area contributed by atoms with Crippen LogP contribution in [0.15, 0.2) is 12.7 Å². The Morgan fingerprint density at radius 1 is 1.44 bits per heavy atom. The van der Waals surface area contributed by atoms with Gasteiger partial charge >= 0.3 is 6.16 Å². The van der Waals surface area contributed by atoms with Gasteiger partial charge in [-0.05, 0) is 19.8 Å². The highest BCUT2D eigenvalue weighted by atomic mass is 28.3. The molecule has 102 valence electrons. The van der Waals surface area contributed by atoms with Crippen LogP contribution in [0.1, 0.15) is 26.2 Å². The number of ether oxygens (including phenoxy) is 2. The largest absolute Gasteiger partial charge is 0.508 e. The molecule has 18 heavy (non-hydrogen) atoms. The molecule has 4 heteroatoms. The van der Waals surface area contributed by atoms with E-state index in [2.05, 4.69) is 37.7 Å². The van der Waals surface area contributed by atoms with Gasteiger partial charge < -0.3 is 9.47 Å². The Labute approximate surface area is 112 Å². The van der Waals surface area contributed by atoms with Gasteiger partial charge in [0.25, 0.3) is 0 Å². The second kappa shape index (κ2) is 8.82. The lowest BCUT2D eigenvalue weighted by molar-refractivity contribution is 0.0380. The summed E-state index contributed by atoms with van der Waals surface area (Å²) in [6.07, 6.45) is 3.19. The van der Waals surface area contributed by atoms with Crippen LogP contribution in [0.25, 0.3) is 0 Å². The maximum atomic E-state index is 11.1. The van der Waals surface area contributed by atoms with Crippen LogP contribution in [-0.4, -0.2) is 26.9 Å². The van der Waals surface area contributed by atoms with Gasteiger partial charge in [0.05, 0.1) is 6.61 Å². The van der Waals surface area contributed by atoms with Crippen LogP contribution in [0.4, 0.5) is 4.79 Å². The van der Waals surface area contributed by atoms with Crippen LogP contribution in [0, 0.1) is 11.5 Å². The standard InChI is InChI=1S/C14H24O3Si/c1-6-13(17-14(15)16-7-2)11-9-8-10-12-18(3,4)5/h6,13H,1,7-9,11H2,2-5H3. The van der Waals surface area contributed by atoms with Gasteiger partial charge in [-0.1, -0.05) is 32.3 Å². The first-order valence-corrected chi connectivity index (χ1v) is 9.85. The van der Waals surface area contributed by atoms with Gasteiger partial charge in [0.1, 0.15) is 14.2 Å². The molecule has 0 aliphatic rings. The van der Waals surface area contributed by atoms with Crippen molar-refractivity contribution in [1.82, 2.24) is 0 Å². The average Bonchev–Trinajstić information content (AvgIpc) is 2.25. The second-order valence-electron chi connectivity index (χ2n) is 5.02. The molecule has 1 atom stereocenters. The zero-order valence-electron chi connectivity index (χ0n) is 11.9. The lowest BCUT2D eigenvalue weighted by atomic mass is 10.1. The molecule has 0 rings (SSSR count). The first-order chi connectivity index (χ1) is 8.39. The van der Waals surface area contributed by atoms with Crippen molar-refractivity contribution in [2.24, 2.45) is 0 Å². The van der Waals surface area contributed by atoms with Gasteiger partial charge in [-0.3, -0.25) is 0 Å². The minimum Gasteiger partial charge on any atom is -0.435 e. The maximum absolute atomic E-state index is 11.1. The minimum atomic E-state index is -1.27. The van der Waals surface area contributed by atoms with Crippen LogP contribution in [0.5, 0.6) is 0 Å². The lowest BCUT2D eigenvalue weighted by Gasteiger charge is -2.12. The van der Waals surface area contributed by atoms with Crippen molar-refractivity contribution in [1.29, 1.82) is 0 Å². The summed E-state index contributed by atoms with van der Waals surface area (Å²) in [6, 6.07) is 0. The van der Waals surface area contributed by atoms with E-state index in [1.54, 1.807) is 13.0 Å². The molecular weight excluding hydrogens is 244 g/mol. The fourth-order valence-corrected chi connectivity index (χ4v) is 1.87. The molecular formula is C14H24O3Si. The van der Waals surface area contributed by atoms with Crippen LogP contribution in [0.2, 0.25) is 19.6 Å². The molecule has 0 N–H and O–H groups in total. The summed E-state index contributed by atoms with van der Waals surface area (Å²) in [7, 11) is -1.27. The number of rotatable bonds is 6. The third-order valence-electron chi connectivity index (χ3n) is 2.03. The summed E-state index contributed by atoms with van der Waals surface area (Å²) in [5, 5.41) is 0. The Kier molecular flexibility index (Phi) is 8.22. The normalized spacial score (nSPS) is 12.0. The van der Waals surface area contributed by atoms with E-state index in [1.807, 2.05) is 0 Å². The number of hydrogen-bond donors (Lipinski definition) is 0. The fraction of sp³-hybridized carbons (Fsp3) is 0.643. The molecule has 0 aromatic rings. The smallest absolute Gasteiger partial charge is 0.435 e. The molecule has 0 fully saturated rings. The number of hydrogen-bond acceptors (Lipinski definition) is 3. The topological polar surface area (TPSA) is 35.5 Å². The molecule has 0 bridgehead atoms. The van der Waals surface area contributed by atoms with E-state index < -0.39 is 14.2 Å². The molecule has 0 aliphatic heterocycles. The predicted molar refractivity (Wildman–Crippen MR) is 77.1 cm³/mol. The summed E-state index contributed by atoms with van der Waals surface area (Å²) in [6.45, 7) is 12.4. The van der Waals surface area contributed by atoms with Crippen molar-refractivity contribution in [3.63, 3.8) is 0 Å². The van der Waals surface area contributed by atoms with Crippen molar-refractivity contribution in [2.75, 3.05) is 6.61 Å². The highest BCUT2D eigenvalue weighted by Crippen LogP contribution is 2.07. The molecule has 1 unspecified atom stereocenters. The predicted octanol–water partition coefficient (Wildman–Crippen LogP) is 3.77. The maximum Gasteiger partial charge on any atom is 0.508 e. The summed E-state index contributed by atoms with van der Waals surface area (Å²) >= 11 is 0. The SMILES string of the molecule is C=CC(CCCC#C[Si](C)(C)C)OC(=O)OCC. The molecule has 0 aromatic heterocycles. The molecule has 0 aliphatic carbocycles. The van der Waals surface area contributed by atoms with E-state index >= 15 is 0 Å². The summed E-state index contributed by atoms with van der Waals surface area (Å²) in [4.78, 5) is 11.1. The first-order valence-electron chi connectivity index (χ1n) is 6.35. The minimum absolute atomic E-state index is 0.280. The van der Waals surface area contributed by atoms with Gasteiger partial charge in [-0.25, -0.2) is 4.79 Å². The van der Waals surface area contributed by atoms with Gasteiger partial charge in [-0.2, -0.15) is 0 Å². The zero-order valence-corrected chi connectivity index (χ0v) is 12.9. The van der Waals surface area contributed by atoms with Crippen LogP contribution < -0.4 is 0 Å². The highest BCUT2D eigenvalue weighted by molar-refractivity contribution is 6.83. The van der Waals surface area contributed by atoms with Crippen LogP contribution in [0.3, 0.4) is 0 Å². The number of carbonyl (C=O) groups is 1. The van der Waals surface area contributed by atoms with Crippen molar-refractivity contribution < 1.29 is 14.3 Å². The van der Waals surface area contributed by atoms with Crippen LogP contribution in [-0.2, 0) is 9.47 Å². The third kappa shape index (κ3) is 9.97. The second-order valence-corrected chi connectivity index (χ2v) is 9.77. The quantitative estimate of drug-likeness (QED) is 0.242. The molecule has 0 heterocycles. The molecule has 0 aromatic carbocycles. The van der Waals surface area contributed by atoms with E-state index in [1.165, 1.54) is 0 Å². The fourth-order valence-electron chi connectivity index (χ4n) is 1.22. The highest BCUT2D eigenvalue weighted by Gasteiger charge is 2.11. The van der Waals surface area contributed by atoms with Crippen molar-refractivity contribution in [2.45, 2.75) is 51.9 Å². The number of carbonyl (C=O) groups excluding carboxylic acids is 1. The van der Waals surface area contributed by atoms with E-state index in [0.29, 0.717) is 6.61 Å². The van der Waals surface area contributed by atoms with E-state index in [4.69, 9.17) is 9.47 Å². The molecule has 0 amide bonds. The van der Waals surface area contributed by atoms with E-state index in [-0.39, 0.29) is 6.10 Å². The lowest BCUT2D eigenvalue weighted by Crippen LogP contribution is -2.17. The van der Waals surface area contributed by atoms with Gasteiger partial charge in [0.15, 0.2) is 0 Å². The Bertz CT molecular complexity index is 320. The third-order valence-corrected chi connectivity index (χ3v) is 2.95. The molecule has 0 spiro atoms. The van der Waals surface area contributed by atoms with Crippen molar-refractivity contribution in [3.8, 4) is 11.5 Å². The molecule has 0 saturated heterocycles. The van der Waals surface area contributed by atoms with E-state index in [0.717, 1.165) is 19.3 Å². The van der Waals surface area contributed by atoms with Crippen molar-refractivity contribution >= 4 is 14.2 Å². The summed E-state index contributed by atoms with van der Waals surface area (Å²) in [5.74, 6) is 3.19.